The summed E-state index contributed by atoms with van der Waals surface area (Å²) >= 11 is 0. The second-order valence-electron chi connectivity index (χ2n) is 9.27. The number of nitrogens with zero attached hydrogens (tertiary/aromatic N) is 1. The Hall–Kier alpha value is -3.48. The van der Waals surface area contributed by atoms with Crippen molar-refractivity contribution in [2.45, 2.75) is 26.2 Å². The number of likely N-dealkylation sites (tertiary alicyclic amines) is 1. The van der Waals surface area contributed by atoms with Gasteiger partial charge in [0.15, 0.2) is 18.3 Å². The van der Waals surface area contributed by atoms with Gasteiger partial charge in [-0.1, -0.05) is 37.3 Å². The van der Waals surface area contributed by atoms with E-state index < -0.39 is 0 Å². The van der Waals surface area contributed by atoms with Crippen molar-refractivity contribution >= 4 is 11.1 Å². The molecule has 37 heavy (non-hydrogen) atoms. The normalized spacial score (nSPS) is 15.5. The average molecular weight is 502 g/mol. The van der Waals surface area contributed by atoms with Gasteiger partial charge in [0.1, 0.15) is 18.1 Å². The molecule has 2 aliphatic rings. The Balaban J connectivity index is 1.45. The van der Waals surface area contributed by atoms with Crippen LogP contribution in [-0.2, 0) is 4.74 Å². The molecule has 2 heterocycles. The molecule has 0 unspecified atom stereocenters. The van der Waals surface area contributed by atoms with Crippen molar-refractivity contribution in [2.24, 2.45) is 0 Å². The number of hydrogen-bond acceptors (Lipinski definition) is 6. The van der Waals surface area contributed by atoms with E-state index >= 15 is 0 Å². The second kappa shape index (κ2) is 12.2. The standard InChI is InChI=1S/C31H35NO5/c1-3-28(25-10-15-29-30(20-25)37-22-36-29)31(24-8-13-27(14-9-24)35-21-33-2)23-6-11-26(12-7-23)34-19-18-32-16-4-5-17-32/h6-15,20H,3-5,16-19,21-22H2,1-2H3. The first-order valence-corrected chi connectivity index (χ1v) is 13.1. The van der Waals surface area contributed by atoms with Crippen LogP contribution in [0.2, 0.25) is 0 Å². The summed E-state index contributed by atoms with van der Waals surface area (Å²) in [6.45, 7) is 6.73. The smallest absolute Gasteiger partial charge is 0.231 e. The quantitative estimate of drug-likeness (QED) is 0.229. The molecule has 0 radical (unpaired) electrons. The van der Waals surface area contributed by atoms with Crippen LogP contribution < -0.4 is 18.9 Å². The van der Waals surface area contributed by atoms with Crippen LogP contribution in [0.15, 0.2) is 66.7 Å². The first-order chi connectivity index (χ1) is 18.2. The average Bonchev–Trinajstić information content (AvgIpc) is 3.63. The van der Waals surface area contributed by atoms with Crippen molar-refractivity contribution in [1.82, 2.24) is 4.90 Å². The second-order valence-corrected chi connectivity index (χ2v) is 9.27. The fourth-order valence-electron chi connectivity index (χ4n) is 4.99. The van der Waals surface area contributed by atoms with Gasteiger partial charge in [-0.25, -0.2) is 0 Å². The summed E-state index contributed by atoms with van der Waals surface area (Å²) in [7, 11) is 1.62. The fourth-order valence-corrected chi connectivity index (χ4v) is 4.99. The van der Waals surface area contributed by atoms with Crippen molar-refractivity contribution in [3.63, 3.8) is 0 Å². The molecule has 0 N–H and O–H groups in total. The molecule has 1 saturated heterocycles. The van der Waals surface area contributed by atoms with Crippen LogP contribution >= 0.6 is 0 Å². The highest BCUT2D eigenvalue weighted by Gasteiger charge is 2.18. The van der Waals surface area contributed by atoms with E-state index in [1.807, 2.05) is 18.2 Å². The summed E-state index contributed by atoms with van der Waals surface area (Å²) in [5.41, 5.74) is 5.76. The largest absolute Gasteiger partial charge is 0.492 e. The van der Waals surface area contributed by atoms with Gasteiger partial charge < -0.3 is 23.7 Å². The Labute approximate surface area is 219 Å². The van der Waals surface area contributed by atoms with E-state index in [0.29, 0.717) is 6.61 Å². The van der Waals surface area contributed by atoms with Crippen molar-refractivity contribution in [2.75, 3.05) is 46.9 Å². The van der Waals surface area contributed by atoms with E-state index in [9.17, 15) is 0 Å². The Kier molecular flexibility index (Phi) is 8.28. The van der Waals surface area contributed by atoms with Gasteiger partial charge in [0.05, 0.1) is 0 Å². The lowest BCUT2D eigenvalue weighted by Crippen LogP contribution is -2.25. The molecule has 1 fully saturated rings. The molecule has 194 valence electrons. The minimum atomic E-state index is 0.221. The molecule has 3 aromatic carbocycles. The van der Waals surface area contributed by atoms with Crippen molar-refractivity contribution < 1.29 is 23.7 Å². The first kappa shape index (κ1) is 25.2. The van der Waals surface area contributed by atoms with E-state index in [1.165, 1.54) is 37.1 Å². The molecular weight excluding hydrogens is 466 g/mol. The summed E-state index contributed by atoms with van der Waals surface area (Å²) in [5.74, 6) is 3.24. The zero-order valence-electron chi connectivity index (χ0n) is 21.7. The summed E-state index contributed by atoms with van der Waals surface area (Å²) in [6, 6.07) is 22.8. The fraction of sp³-hybridized carbons (Fsp3) is 0.355. The van der Waals surface area contributed by atoms with Crippen LogP contribution in [0.4, 0.5) is 0 Å². The highest BCUT2D eigenvalue weighted by atomic mass is 16.7. The predicted octanol–water partition coefficient (Wildman–Crippen LogP) is 6.24. The molecule has 0 spiro atoms. The van der Waals surface area contributed by atoms with Crippen LogP contribution in [0.25, 0.3) is 11.1 Å². The number of ether oxygens (including phenoxy) is 5. The van der Waals surface area contributed by atoms with Crippen LogP contribution in [0.1, 0.15) is 42.9 Å². The molecule has 0 amide bonds. The van der Waals surface area contributed by atoms with Crippen LogP contribution in [0, 0.1) is 0 Å². The summed E-state index contributed by atoms with van der Waals surface area (Å²) < 4.78 is 27.9. The number of allylic oxidation sites excluding steroid dienone is 1. The van der Waals surface area contributed by atoms with Crippen molar-refractivity contribution in [1.29, 1.82) is 0 Å². The van der Waals surface area contributed by atoms with Crippen molar-refractivity contribution in [3.05, 3.63) is 83.4 Å². The molecule has 3 aromatic rings. The maximum atomic E-state index is 6.07. The Morgan fingerprint density at radius 2 is 1.41 bits per heavy atom. The number of fused-ring (bicyclic) bond motifs is 1. The molecule has 2 aliphatic heterocycles. The molecule has 0 aliphatic carbocycles. The zero-order valence-corrected chi connectivity index (χ0v) is 21.7. The maximum absolute atomic E-state index is 6.07. The van der Waals surface area contributed by atoms with Gasteiger partial charge in [-0.15, -0.1) is 0 Å². The summed E-state index contributed by atoms with van der Waals surface area (Å²) in [4.78, 5) is 2.47. The van der Waals surface area contributed by atoms with Gasteiger partial charge in [-0.3, -0.25) is 4.90 Å². The first-order valence-electron chi connectivity index (χ1n) is 13.1. The third kappa shape index (κ3) is 6.09. The molecule has 6 heteroatoms. The zero-order chi connectivity index (χ0) is 25.5. The van der Waals surface area contributed by atoms with Gasteiger partial charge in [0.2, 0.25) is 6.79 Å². The predicted molar refractivity (Wildman–Crippen MR) is 145 cm³/mol. The molecule has 5 rings (SSSR count). The maximum Gasteiger partial charge on any atom is 0.231 e. The van der Waals surface area contributed by atoms with Gasteiger partial charge in [-0.2, -0.15) is 0 Å². The number of hydrogen-bond donors (Lipinski definition) is 0. The highest BCUT2D eigenvalue weighted by molar-refractivity contribution is 5.99. The Morgan fingerprint density at radius 3 is 2.05 bits per heavy atom. The van der Waals surface area contributed by atoms with Crippen LogP contribution in [0.3, 0.4) is 0 Å². The lowest BCUT2D eigenvalue weighted by atomic mass is 9.88. The Morgan fingerprint density at radius 1 is 0.784 bits per heavy atom. The number of methoxy groups -OCH3 is 1. The lowest BCUT2D eigenvalue weighted by Gasteiger charge is -2.18. The Bertz CT molecular complexity index is 1200. The van der Waals surface area contributed by atoms with Gasteiger partial charge in [0, 0.05) is 13.7 Å². The van der Waals surface area contributed by atoms with Gasteiger partial charge in [-0.05, 0) is 96.6 Å². The summed E-state index contributed by atoms with van der Waals surface area (Å²) in [5, 5.41) is 0. The van der Waals surface area contributed by atoms with E-state index in [0.717, 1.165) is 52.7 Å². The molecule has 0 saturated carbocycles. The number of rotatable bonds is 11. The SMILES string of the molecule is CCC(=C(c1ccc(OCCN2CCCC2)cc1)c1ccc(OCOC)cc1)c1ccc2c(c1)OCO2. The minimum Gasteiger partial charge on any atom is -0.492 e. The third-order valence-electron chi connectivity index (χ3n) is 6.88. The van der Waals surface area contributed by atoms with E-state index in [1.54, 1.807) is 7.11 Å². The molecule has 0 bridgehead atoms. The molecule has 0 atom stereocenters. The highest BCUT2D eigenvalue weighted by Crippen LogP contribution is 2.40. The third-order valence-corrected chi connectivity index (χ3v) is 6.88. The van der Waals surface area contributed by atoms with Crippen molar-refractivity contribution in [3.8, 4) is 23.0 Å². The van der Waals surface area contributed by atoms with E-state index in [-0.39, 0.29) is 13.6 Å². The van der Waals surface area contributed by atoms with Gasteiger partial charge >= 0.3 is 0 Å². The lowest BCUT2D eigenvalue weighted by molar-refractivity contribution is 0.0511. The molecule has 6 nitrogen and oxygen atoms in total. The summed E-state index contributed by atoms with van der Waals surface area (Å²) in [6.07, 6.45) is 3.45. The minimum absolute atomic E-state index is 0.221. The number of benzene rings is 3. The topological polar surface area (TPSA) is 49.4 Å². The molecule has 0 aromatic heterocycles. The van der Waals surface area contributed by atoms with E-state index in [2.05, 4.69) is 60.4 Å². The van der Waals surface area contributed by atoms with Gasteiger partial charge in [0.25, 0.3) is 0 Å². The monoisotopic (exact) mass is 501 g/mol. The van der Waals surface area contributed by atoms with E-state index in [4.69, 9.17) is 23.7 Å². The molecular formula is C31H35NO5. The van der Waals surface area contributed by atoms with Crippen LogP contribution in [0.5, 0.6) is 23.0 Å². The van der Waals surface area contributed by atoms with Crippen LogP contribution in [-0.4, -0.2) is 51.8 Å².